The SMILES string of the molecule is CCNC(c1cccc(CC)c1)c1csc(I)c1. The summed E-state index contributed by atoms with van der Waals surface area (Å²) in [5, 5.41) is 5.84. The summed E-state index contributed by atoms with van der Waals surface area (Å²) in [7, 11) is 0. The average Bonchev–Trinajstić information content (AvgIpc) is 2.82. The Labute approximate surface area is 127 Å². The lowest BCUT2D eigenvalue weighted by Crippen LogP contribution is -2.21. The molecule has 1 heterocycles. The quantitative estimate of drug-likeness (QED) is 0.757. The molecule has 0 spiro atoms. The third-order valence-electron chi connectivity index (χ3n) is 3.02. The van der Waals surface area contributed by atoms with Crippen molar-refractivity contribution in [1.29, 1.82) is 0 Å². The molecule has 0 aliphatic rings. The Morgan fingerprint density at radius 1 is 1.22 bits per heavy atom. The first kappa shape index (κ1) is 14.0. The van der Waals surface area contributed by atoms with Gasteiger partial charge in [0.05, 0.1) is 8.93 Å². The molecule has 96 valence electrons. The number of hydrogen-bond acceptors (Lipinski definition) is 2. The van der Waals surface area contributed by atoms with Crippen LogP contribution in [0.1, 0.15) is 36.6 Å². The first-order chi connectivity index (χ1) is 8.74. The maximum Gasteiger partial charge on any atom is 0.0656 e. The molecule has 1 aromatic heterocycles. The van der Waals surface area contributed by atoms with Crippen LogP contribution in [0, 0.1) is 2.88 Å². The molecule has 18 heavy (non-hydrogen) atoms. The van der Waals surface area contributed by atoms with E-state index in [1.807, 2.05) is 11.3 Å². The molecule has 0 saturated carbocycles. The lowest BCUT2D eigenvalue weighted by atomic mass is 9.98. The number of thiophene rings is 1. The summed E-state index contributed by atoms with van der Waals surface area (Å²) in [5.41, 5.74) is 4.14. The Kier molecular flexibility index (Phi) is 5.21. The highest BCUT2D eigenvalue weighted by atomic mass is 127. The highest BCUT2D eigenvalue weighted by Gasteiger charge is 2.14. The van der Waals surface area contributed by atoms with Gasteiger partial charge >= 0.3 is 0 Å². The monoisotopic (exact) mass is 371 g/mol. The van der Waals surface area contributed by atoms with Crippen LogP contribution in [-0.4, -0.2) is 6.54 Å². The second-order valence-electron chi connectivity index (χ2n) is 4.27. The molecule has 1 atom stereocenters. The first-order valence-electron chi connectivity index (χ1n) is 6.30. The van der Waals surface area contributed by atoms with Crippen molar-refractivity contribution in [2.45, 2.75) is 26.3 Å². The Hall–Kier alpha value is -0.390. The Balaban J connectivity index is 2.34. The molecule has 1 unspecified atom stereocenters. The molecule has 0 radical (unpaired) electrons. The van der Waals surface area contributed by atoms with E-state index in [1.54, 1.807) is 0 Å². The second kappa shape index (κ2) is 6.68. The van der Waals surface area contributed by atoms with Crippen molar-refractivity contribution in [2.75, 3.05) is 6.54 Å². The van der Waals surface area contributed by atoms with Crippen molar-refractivity contribution in [3.05, 3.63) is 55.3 Å². The van der Waals surface area contributed by atoms with E-state index in [-0.39, 0.29) is 0 Å². The zero-order chi connectivity index (χ0) is 13.0. The lowest BCUT2D eigenvalue weighted by Gasteiger charge is -2.18. The Morgan fingerprint density at radius 3 is 2.67 bits per heavy atom. The molecule has 0 fully saturated rings. The molecular weight excluding hydrogens is 353 g/mol. The van der Waals surface area contributed by atoms with E-state index in [9.17, 15) is 0 Å². The standard InChI is InChI=1S/C15H18INS/c1-3-11-6-5-7-12(8-11)15(17-4-2)13-9-14(16)18-10-13/h5-10,15,17H,3-4H2,1-2H3. The van der Waals surface area contributed by atoms with Gasteiger partial charge in [0.2, 0.25) is 0 Å². The van der Waals surface area contributed by atoms with E-state index in [4.69, 9.17) is 0 Å². The number of benzene rings is 1. The second-order valence-corrected chi connectivity index (χ2v) is 7.08. The van der Waals surface area contributed by atoms with Gasteiger partial charge in [0.1, 0.15) is 0 Å². The van der Waals surface area contributed by atoms with Crippen molar-refractivity contribution in [3.8, 4) is 0 Å². The van der Waals surface area contributed by atoms with E-state index < -0.39 is 0 Å². The van der Waals surface area contributed by atoms with Crippen molar-refractivity contribution < 1.29 is 0 Å². The highest BCUT2D eigenvalue weighted by Crippen LogP contribution is 2.27. The van der Waals surface area contributed by atoms with Crippen LogP contribution < -0.4 is 5.32 Å². The van der Waals surface area contributed by atoms with Crippen LogP contribution in [0.3, 0.4) is 0 Å². The zero-order valence-electron chi connectivity index (χ0n) is 10.7. The Morgan fingerprint density at radius 2 is 2.06 bits per heavy atom. The van der Waals surface area contributed by atoms with Crippen LogP contribution in [0.25, 0.3) is 0 Å². The summed E-state index contributed by atoms with van der Waals surface area (Å²) in [4.78, 5) is 0. The molecule has 2 aromatic rings. The molecule has 2 rings (SSSR count). The molecule has 0 saturated heterocycles. The van der Waals surface area contributed by atoms with Gasteiger partial charge in [-0.2, -0.15) is 0 Å². The van der Waals surface area contributed by atoms with Crippen LogP contribution in [0.4, 0.5) is 0 Å². The molecule has 3 heteroatoms. The fourth-order valence-corrected chi connectivity index (χ4v) is 3.50. The van der Waals surface area contributed by atoms with E-state index in [1.165, 1.54) is 19.6 Å². The largest absolute Gasteiger partial charge is 0.307 e. The minimum atomic E-state index is 0.321. The van der Waals surface area contributed by atoms with Gasteiger partial charge in [-0.05, 0) is 63.7 Å². The third kappa shape index (κ3) is 3.33. The summed E-state index contributed by atoms with van der Waals surface area (Å²) in [5.74, 6) is 0. The van der Waals surface area contributed by atoms with Crippen LogP contribution in [-0.2, 0) is 6.42 Å². The van der Waals surface area contributed by atoms with Gasteiger partial charge in [0, 0.05) is 0 Å². The molecule has 1 aromatic carbocycles. The fourth-order valence-electron chi connectivity index (χ4n) is 2.10. The van der Waals surface area contributed by atoms with E-state index in [2.05, 4.69) is 77.5 Å². The predicted octanol–water partition coefficient (Wildman–Crippen LogP) is 4.61. The normalized spacial score (nSPS) is 12.6. The van der Waals surface area contributed by atoms with E-state index >= 15 is 0 Å². The van der Waals surface area contributed by atoms with Gasteiger partial charge < -0.3 is 5.32 Å². The molecular formula is C15H18INS. The molecule has 0 bridgehead atoms. The molecule has 0 amide bonds. The fraction of sp³-hybridized carbons (Fsp3) is 0.333. The number of rotatable bonds is 5. The summed E-state index contributed by atoms with van der Waals surface area (Å²) in [6, 6.07) is 11.5. The third-order valence-corrected chi connectivity index (χ3v) is 4.83. The van der Waals surface area contributed by atoms with E-state index in [0.29, 0.717) is 6.04 Å². The Bertz CT molecular complexity index is 507. The van der Waals surface area contributed by atoms with Gasteiger partial charge in [-0.25, -0.2) is 0 Å². The first-order valence-corrected chi connectivity index (χ1v) is 8.26. The van der Waals surface area contributed by atoms with Crippen LogP contribution in [0.15, 0.2) is 35.7 Å². The van der Waals surface area contributed by atoms with Crippen LogP contribution in [0.2, 0.25) is 0 Å². The lowest BCUT2D eigenvalue weighted by molar-refractivity contribution is 0.631. The van der Waals surface area contributed by atoms with Crippen LogP contribution >= 0.6 is 33.9 Å². The zero-order valence-corrected chi connectivity index (χ0v) is 13.7. The van der Waals surface area contributed by atoms with E-state index in [0.717, 1.165) is 13.0 Å². The van der Waals surface area contributed by atoms with Gasteiger partial charge in [0.15, 0.2) is 0 Å². The van der Waals surface area contributed by atoms with Gasteiger partial charge in [-0.1, -0.05) is 38.1 Å². The van der Waals surface area contributed by atoms with Gasteiger partial charge in [0.25, 0.3) is 0 Å². The maximum absolute atomic E-state index is 3.58. The topological polar surface area (TPSA) is 12.0 Å². The van der Waals surface area contributed by atoms with Crippen molar-refractivity contribution in [1.82, 2.24) is 5.32 Å². The number of nitrogens with one attached hydrogen (secondary N) is 1. The summed E-state index contributed by atoms with van der Waals surface area (Å²) < 4.78 is 1.34. The predicted molar refractivity (Wildman–Crippen MR) is 88.4 cm³/mol. The van der Waals surface area contributed by atoms with Crippen molar-refractivity contribution in [3.63, 3.8) is 0 Å². The van der Waals surface area contributed by atoms with Crippen molar-refractivity contribution in [2.24, 2.45) is 0 Å². The van der Waals surface area contributed by atoms with Gasteiger partial charge in [-0.3, -0.25) is 0 Å². The molecule has 1 nitrogen and oxygen atoms in total. The molecule has 0 aliphatic carbocycles. The van der Waals surface area contributed by atoms with Crippen LogP contribution in [0.5, 0.6) is 0 Å². The number of hydrogen-bond donors (Lipinski definition) is 1. The average molecular weight is 371 g/mol. The number of halogens is 1. The molecule has 1 N–H and O–H groups in total. The van der Waals surface area contributed by atoms with Gasteiger partial charge in [-0.15, -0.1) is 11.3 Å². The summed E-state index contributed by atoms with van der Waals surface area (Å²) >= 11 is 4.20. The number of aryl methyl sites for hydroxylation is 1. The minimum Gasteiger partial charge on any atom is -0.307 e. The minimum absolute atomic E-state index is 0.321. The summed E-state index contributed by atoms with van der Waals surface area (Å²) in [6.45, 7) is 5.34. The molecule has 0 aliphatic heterocycles. The van der Waals surface area contributed by atoms with Crippen molar-refractivity contribution >= 4 is 33.9 Å². The smallest absolute Gasteiger partial charge is 0.0656 e. The summed E-state index contributed by atoms with van der Waals surface area (Å²) in [6.07, 6.45) is 1.09. The maximum atomic E-state index is 3.58. The highest BCUT2D eigenvalue weighted by molar-refractivity contribution is 14.1.